The van der Waals surface area contributed by atoms with Crippen molar-refractivity contribution in [1.82, 2.24) is 0 Å². The Morgan fingerprint density at radius 3 is 2.59 bits per heavy atom. The van der Waals surface area contributed by atoms with Crippen molar-refractivity contribution >= 4 is 0 Å². The lowest BCUT2D eigenvalue weighted by Crippen LogP contribution is -2.42. The zero-order chi connectivity index (χ0) is 14.9. The van der Waals surface area contributed by atoms with Crippen LogP contribution in [0.2, 0.25) is 0 Å². The van der Waals surface area contributed by atoms with Gasteiger partial charge in [-0.15, -0.1) is 0 Å². The number of hydrogen-bond donors (Lipinski definition) is 1. The molecule has 1 nitrogen and oxygen atoms in total. The van der Waals surface area contributed by atoms with Gasteiger partial charge in [0.15, 0.2) is 0 Å². The molecule has 0 spiro atoms. The van der Waals surface area contributed by atoms with E-state index in [1.165, 1.54) is 57.8 Å². The average Bonchev–Trinajstić information content (AvgIpc) is 3.28. The SMILES string of the molecule is CC12CCC3C4=C(CCC3C1CCC2=C1CC1)CC(O)CC4. The van der Waals surface area contributed by atoms with Gasteiger partial charge >= 0.3 is 0 Å². The monoisotopic (exact) mass is 298 g/mol. The molecule has 5 aliphatic carbocycles. The first-order chi connectivity index (χ1) is 10.7. The van der Waals surface area contributed by atoms with Gasteiger partial charge in [-0.3, -0.25) is 0 Å². The van der Waals surface area contributed by atoms with Gasteiger partial charge in [0, 0.05) is 0 Å². The van der Waals surface area contributed by atoms with Crippen molar-refractivity contribution in [2.24, 2.45) is 23.2 Å². The quantitative estimate of drug-likeness (QED) is 0.613. The van der Waals surface area contributed by atoms with Crippen molar-refractivity contribution in [2.75, 3.05) is 0 Å². The highest BCUT2D eigenvalue weighted by molar-refractivity contribution is 5.36. The van der Waals surface area contributed by atoms with Crippen LogP contribution in [0.4, 0.5) is 0 Å². The van der Waals surface area contributed by atoms with Crippen LogP contribution in [0.5, 0.6) is 0 Å². The minimum absolute atomic E-state index is 0.0400. The summed E-state index contributed by atoms with van der Waals surface area (Å²) < 4.78 is 0. The van der Waals surface area contributed by atoms with Crippen LogP contribution in [0.1, 0.15) is 77.6 Å². The van der Waals surface area contributed by atoms with Crippen LogP contribution in [0.3, 0.4) is 0 Å². The van der Waals surface area contributed by atoms with Crippen molar-refractivity contribution in [1.29, 1.82) is 0 Å². The lowest BCUT2D eigenvalue weighted by atomic mass is 9.54. The Morgan fingerprint density at radius 2 is 1.77 bits per heavy atom. The summed E-state index contributed by atoms with van der Waals surface area (Å²) in [6, 6.07) is 0. The third-order valence-corrected chi connectivity index (χ3v) is 8.06. The van der Waals surface area contributed by atoms with Gasteiger partial charge in [0.25, 0.3) is 0 Å². The molecule has 0 amide bonds. The second-order valence-corrected chi connectivity index (χ2v) is 9.02. The predicted octanol–water partition coefficient (Wildman–Crippen LogP) is 5.15. The number of fused-ring (bicyclic) bond motifs is 4. The van der Waals surface area contributed by atoms with Crippen LogP contribution in [0.15, 0.2) is 22.3 Å². The molecule has 120 valence electrons. The molecule has 0 aromatic heterocycles. The molecular weight excluding hydrogens is 268 g/mol. The van der Waals surface area contributed by atoms with Gasteiger partial charge in [-0.2, -0.15) is 0 Å². The molecule has 0 saturated heterocycles. The van der Waals surface area contributed by atoms with Crippen molar-refractivity contribution in [2.45, 2.75) is 83.7 Å². The van der Waals surface area contributed by atoms with Gasteiger partial charge in [-0.1, -0.05) is 29.2 Å². The van der Waals surface area contributed by atoms with Crippen LogP contribution in [0.25, 0.3) is 0 Å². The molecule has 0 heterocycles. The van der Waals surface area contributed by atoms with Crippen molar-refractivity contribution < 1.29 is 5.11 Å². The van der Waals surface area contributed by atoms with Gasteiger partial charge < -0.3 is 5.11 Å². The summed E-state index contributed by atoms with van der Waals surface area (Å²) >= 11 is 0. The number of aliphatic hydroxyl groups excluding tert-OH is 1. The molecule has 5 rings (SSSR count). The van der Waals surface area contributed by atoms with Gasteiger partial charge in [-0.25, -0.2) is 0 Å². The Labute approximate surface area is 134 Å². The molecule has 0 aromatic rings. The molecule has 0 aliphatic heterocycles. The van der Waals surface area contributed by atoms with E-state index in [1.54, 1.807) is 5.57 Å². The highest BCUT2D eigenvalue weighted by Crippen LogP contribution is 2.64. The fraction of sp³-hybridized carbons (Fsp3) is 0.810. The van der Waals surface area contributed by atoms with Gasteiger partial charge in [0.05, 0.1) is 6.10 Å². The number of aliphatic hydroxyl groups is 1. The van der Waals surface area contributed by atoms with Crippen molar-refractivity contribution in [3.63, 3.8) is 0 Å². The van der Waals surface area contributed by atoms with E-state index in [2.05, 4.69) is 6.92 Å². The molecule has 22 heavy (non-hydrogen) atoms. The van der Waals surface area contributed by atoms with Gasteiger partial charge in [-0.05, 0) is 93.8 Å². The Balaban J connectivity index is 1.48. The number of hydrogen-bond acceptors (Lipinski definition) is 1. The molecule has 5 unspecified atom stereocenters. The topological polar surface area (TPSA) is 20.2 Å². The van der Waals surface area contributed by atoms with Crippen LogP contribution in [0, 0.1) is 23.2 Å². The fourth-order valence-corrected chi connectivity index (χ4v) is 6.95. The molecule has 0 bridgehead atoms. The second kappa shape index (κ2) is 4.72. The van der Waals surface area contributed by atoms with E-state index in [1.807, 2.05) is 16.7 Å². The lowest BCUT2D eigenvalue weighted by molar-refractivity contribution is 0.0543. The molecule has 0 aromatic carbocycles. The van der Waals surface area contributed by atoms with E-state index in [9.17, 15) is 5.11 Å². The standard InChI is InChI=1S/C21H30O/c1-21-11-10-17-16-7-5-15(22)12-14(16)4-6-18(17)20(21)9-8-19(21)13-2-3-13/h15,17-18,20,22H,2-12H2,1H3. The van der Waals surface area contributed by atoms with Crippen LogP contribution in [-0.2, 0) is 0 Å². The van der Waals surface area contributed by atoms with E-state index in [0.717, 1.165) is 30.6 Å². The van der Waals surface area contributed by atoms with Crippen LogP contribution in [-0.4, -0.2) is 11.2 Å². The zero-order valence-electron chi connectivity index (χ0n) is 14.0. The average molecular weight is 298 g/mol. The second-order valence-electron chi connectivity index (χ2n) is 9.02. The van der Waals surface area contributed by atoms with Crippen LogP contribution < -0.4 is 0 Å². The first-order valence-electron chi connectivity index (χ1n) is 9.77. The fourth-order valence-electron chi connectivity index (χ4n) is 6.95. The van der Waals surface area contributed by atoms with E-state index in [0.29, 0.717) is 5.41 Å². The smallest absolute Gasteiger partial charge is 0.0580 e. The zero-order valence-corrected chi connectivity index (χ0v) is 14.0. The summed E-state index contributed by atoms with van der Waals surface area (Å²) in [6.07, 6.45) is 14.5. The molecule has 1 N–H and O–H groups in total. The van der Waals surface area contributed by atoms with E-state index >= 15 is 0 Å². The summed E-state index contributed by atoms with van der Waals surface area (Å²) in [7, 11) is 0. The third kappa shape index (κ3) is 1.87. The Hall–Kier alpha value is -0.560. The molecule has 5 aliphatic rings. The van der Waals surface area contributed by atoms with Gasteiger partial charge in [0.1, 0.15) is 0 Å². The maximum absolute atomic E-state index is 10.00. The Bertz CT molecular complexity index is 562. The Morgan fingerprint density at radius 1 is 0.909 bits per heavy atom. The molecule has 0 radical (unpaired) electrons. The summed E-state index contributed by atoms with van der Waals surface area (Å²) in [6.45, 7) is 2.62. The molecule has 3 saturated carbocycles. The maximum Gasteiger partial charge on any atom is 0.0580 e. The largest absolute Gasteiger partial charge is 0.393 e. The Kier molecular flexibility index (Phi) is 2.97. The predicted molar refractivity (Wildman–Crippen MR) is 89.4 cm³/mol. The molecule has 5 atom stereocenters. The van der Waals surface area contributed by atoms with Crippen molar-refractivity contribution in [3.05, 3.63) is 22.3 Å². The summed E-state index contributed by atoms with van der Waals surface area (Å²) in [5.74, 6) is 2.82. The summed E-state index contributed by atoms with van der Waals surface area (Å²) in [5, 5.41) is 10.00. The van der Waals surface area contributed by atoms with Gasteiger partial charge in [0.2, 0.25) is 0 Å². The molecular formula is C21H30O. The van der Waals surface area contributed by atoms with E-state index in [4.69, 9.17) is 0 Å². The lowest BCUT2D eigenvalue weighted by Gasteiger charge is -2.51. The minimum Gasteiger partial charge on any atom is -0.393 e. The van der Waals surface area contributed by atoms with E-state index in [-0.39, 0.29) is 6.10 Å². The molecule has 1 heteroatoms. The van der Waals surface area contributed by atoms with E-state index < -0.39 is 0 Å². The van der Waals surface area contributed by atoms with Crippen LogP contribution >= 0.6 is 0 Å². The maximum atomic E-state index is 10.00. The summed E-state index contributed by atoms with van der Waals surface area (Å²) in [4.78, 5) is 0. The first kappa shape index (κ1) is 13.8. The normalized spacial score (nSPS) is 47.2. The number of rotatable bonds is 0. The summed E-state index contributed by atoms with van der Waals surface area (Å²) in [5.41, 5.74) is 7.81. The highest BCUT2D eigenvalue weighted by atomic mass is 16.3. The minimum atomic E-state index is -0.0400. The third-order valence-electron chi connectivity index (χ3n) is 8.06. The first-order valence-corrected chi connectivity index (χ1v) is 9.77. The van der Waals surface area contributed by atoms with Crippen molar-refractivity contribution in [3.8, 4) is 0 Å². The number of allylic oxidation sites excluding steroid dienone is 3. The molecule has 3 fully saturated rings. The highest BCUT2D eigenvalue weighted by Gasteiger charge is 2.54.